The van der Waals surface area contributed by atoms with E-state index in [9.17, 15) is 13.8 Å². The van der Waals surface area contributed by atoms with E-state index in [0.717, 1.165) is 22.3 Å². The van der Waals surface area contributed by atoms with Crippen molar-refractivity contribution in [2.24, 2.45) is 0 Å². The first kappa shape index (κ1) is 29.0. The van der Waals surface area contributed by atoms with Gasteiger partial charge >= 0.3 is 11.9 Å². The topological polar surface area (TPSA) is 69.7 Å². The average molecular weight is 555 g/mol. The second kappa shape index (κ2) is 15.5. The van der Waals surface area contributed by atoms with Gasteiger partial charge in [-0.25, -0.2) is 0 Å². The molecule has 206 valence electrons. The zero-order valence-electron chi connectivity index (χ0n) is 22.4. The van der Waals surface area contributed by atoms with Gasteiger partial charge in [-0.05, 0) is 47.9 Å². The minimum absolute atomic E-state index is 0.0752. The molecule has 2 unspecified atom stereocenters. The highest BCUT2D eigenvalue weighted by atomic mass is 32.2. The van der Waals surface area contributed by atoms with Crippen LogP contribution in [0.1, 0.15) is 35.1 Å². The van der Waals surface area contributed by atoms with Crippen LogP contribution in [-0.4, -0.2) is 26.6 Å². The summed E-state index contributed by atoms with van der Waals surface area (Å²) in [6, 6.07) is 38.2. The Hall–Kier alpha value is -4.03. The van der Waals surface area contributed by atoms with E-state index in [2.05, 4.69) is 0 Å². The van der Waals surface area contributed by atoms with Crippen molar-refractivity contribution in [3.8, 4) is 0 Å². The Morgan fingerprint density at radius 3 is 1.12 bits per heavy atom. The molecule has 4 rings (SSSR count). The highest BCUT2D eigenvalue weighted by molar-refractivity contribution is 7.87. The summed E-state index contributed by atoms with van der Waals surface area (Å²) in [7, 11) is -1.87. The molecular weight excluding hydrogens is 520 g/mol. The van der Waals surface area contributed by atoms with Gasteiger partial charge in [0.1, 0.15) is 23.7 Å². The predicted octanol–water partition coefficient (Wildman–Crippen LogP) is 6.22. The molecule has 0 aliphatic heterocycles. The van der Waals surface area contributed by atoms with E-state index in [4.69, 9.17) is 9.47 Å². The summed E-state index contributed by atoms with van der Waals surface area (Å²) in [5, 5.41) is -1.96. The monoisotopic (exact) mass is 554 g/mol. The minimum atomic E-state index is -1.87. The van der Waals surface area contributed by atoms with E-state index in [0.29, 0.717) is 12.8 Å². The van der Waals surface area contributed by atoms with Gasteiger partial charge in [0.05, 0.1) is 10.8 Å². The van der Waals surface area contributed by atoms with Crippen LogP contribution in [0.15, 0.2) is 121 Å². The van der Waals surface area contributed by atoms with Crippen LogP contribution in [0.3, 0.4) is 0 Å². The van der Waals surface area contributed by atoms with Crippen LogP contribution in [0.2, 0.25) is 0 Å². The third kappa shape index (κ3) is 9.02. The lowest BCUT2D eigenvalue weighted by Crippen LogP contribution is -2.39. The quantitative estimate of drug-likeness (QED) is 0.173. The zero-order valence-corrected chi connectivity index (χ0v) is 23.2. The van der Waals surface area contributed by atoms with Crippen LogP contribution in [0.25, 0.3) is 0 Å². The number of carbonyl (C=O) groups is 2. The Morgan fingerprint density at radius 1 is 0.500 bits per heavy atom. The zero-order chi connectivity index (χ0) is 28.0. The lowest BCUT2D eigenvalue weighted by Gasteiger charge is -2.22. The molecule has 0 heterocycles. The van der Waals surface area contributed by atoms with Crippen molar-refractivity contribution < 1.29 is 23.3 Å². The second-order valence-corrected chi connectivity index (χ2v) is 11.3. The van der Waals surface area contributed by atoms with Gasteiger partial charge in [-0.3, -0.25) is 13.8 Å². The maximum absolute atomic E-state index is 14.1. The fourth-order valence-corrected chi connectivity index (χ4v) is 6.00. The maximum Gasteiger partial charge on any atom is 0.322 e. The van der Waals surface area contributed by atoms with Crippen LogP contribution in [0.5, 0.6) is 0 Å². The van der Waals surface area contributed by atoms with E-state index < -0.39 is 33.2 Å². The van der Waals surface area contributed by atoms with Gasteiger partial charge < -0.3 is 9.47 Å². The van der Waals surface area contributed by atoms with Crippen LogP contribution in [0, 0.1) is 0 Å². The molecule has 0 fully saturated rings. The molecule has 4 aromatic carbocycles. The Bertz CT molecular complexity index is 1240. The molecule has 0 bridgehead atoms. The minimum Gasteiger partial charge on any atom is -0.460 e. The Balaban J connectivity index is 1.53. The van der Waals surface area contributed by atoms with Crippen molar-refractivity contribution in [2.45, 2.75) is 49.4 Å². The van der Waals surface area contributed by atoms with Gasteiger partial charge in [0.2, 0.25) is 0 Å². The molecule has 2 atom stereocenters. The highest BCUT2D eigenvalue weighted by Crippen LogP contribution is 2.21. The molecule has 0 aliphatic carbocycles. The SMILES string of the molecule is O=C(OCc1ccccc1)C(CCc1ccccc1)S(=O)C(CCc1ccccc1)C(=O)OCc1ccccc1. The molecule has 0 amide bonds. The molecular formula is C34H34O5S. The number of benzene rings is 4. The Labute approximate surface area is 238 Å². The number of ether oxygens (including phenoxy) is 2. The summed E-state index contributed by atoms with van der Waals surface area (Å²) >= 11 is 0. The fourth-order valence-electron chi connectivity index (χ4n) is 4.38. The van der Waals surface area contributed by atoms with Crippen LogP contribution < -0.4 is 0 Å². The number of esters is 2. The standard InChI is InChI=1S/C34H34O5S/c35-33(38-25-29-17-9-3-10-18-29)31(23-21-27-13-5-1-6-14-27)40(37)32(24-22-28-15-7-2-8-16-28)34(36)39-26-30-19-11-4-12-20-30/h1-20,31-32H,21-26H2. The second-order valence-electron chi connectivity index (χ2n) is 9.54. The molecule has 0 saturated carbocycles. The van der Waals surface area contributed by atoms with Crippen molar-refractivity contribution >= 4 is 22.7 Å². The third-order valence-corrected chi connectivity index (χ3v) is 8.59. The molecule has 5 nitrogen and oxygen atoms in total. The number of hydrogen-bond acceptors (Lipinski definition) is 5. The Kier molecular flexibility index (Phi) is 11.2. The summed E-state index contributed by atoms with van der Waals surface area (Å²) in [5.74, 6) is -1.14. The molecule has 0 aliphatic rings. The summed E-state index contributed by atoms with van der Waals surface area (Å²) in [6.07, 6.45) is 1.64. The van der Waals surface area contributed by atoms with Gasteiger partial charge in [-0.15, -0.1) is 0 Å². The number of rotatable bonds is 14. The molecule has 0 radical (unpaired) electrons. The first-order valence-electron chi connectivity index (χ1n) is 13.5. The number of carbonyl (C=O) groups excluding carboxylic acids is 2. The summed E-state index contributed by atoms with van der Waals surface area (Å²) in [6.45, 7) is 0.150. The van der Waals surface area contributed by atoms with Crippen LogP contribution in [0.4, 0.5) is 0 Å². The van der Waals surface area contributed by atoms with E-state index in [1.165, 1.54) is 0 Å². The molecule has 4 aromatic rings. The summed E-state index contributed by atoms with van der Waals surface area (Å²) < 4.78 is 25.4. The average Bonchev–Trinajstić information content (AvgIpc) is 3.01. The lowest BCUT2D eigenvalue weighted by molar-refractivity contribution is -0.144. The van der Waals surface area contributed by atoms with Crippen molar-refractivity contribution in [1.29, 1.82) is 0 Å². The van der Waals surface area contributed by atoms with E-state index in [1.54, 1.807) is 0 Å². The third-order valence-electron chi connectivity index (χ3n) is 6.61. The number of aryl methyl sites for hydroxylation is 2. The van der Waals surface area contributed by atoms with Crippen molar-refractivity contribution in [2.75, 3.05) is 0 Å². The summed E-state index contributed by atoms with van der Waals surface area (Å²) in [4.78, 5) is 26.8. The van der Waals surface area contributed by atoms with Crippen LogP contribution in [-0.2, 0) is 55.9 Å². The fraction of sp³-hybridized carbons (Fsp3) is 0.235. The van der Waals surface area contributed by atoms with Crippen molar-refractivity contribution in [3.05, 3.63) is 144 Å². The first-order chi connectivity index (χ1) is 19.6. The molecule has 0 N–H and O–H groups in total. The first-order valence-corrected chi connectivity index (χ1v) is 14.8. The van der Waals surface area contributed by atoms with E-state index >= 15 is 0 Å². The van der Waals surface area contributed by atoms with Gasteiger partial charge in [-0.2, -0.15) is 0 Å². The molecule has 0 aromatic heterocycles. The van der Waals surface area contributed by atoms with Gasteiger partial charge in [0.25, 0.3) is 0 Å². The van der Waals surface area contributed by atoms with Crippen LogP contribution >= 0.6 is 0 Å². The van der Waals surface area contributed by atoms with E-state index in [-0.39, 0.29) is 26.1 Å². The predicted molar refractivity (Wildman–Crippen MR) is 158 cm³/mol. The Morgan fingerprint density at radius 2 is 0.800 bits per heavy atom. The molecule has 40 heavy (non-hydrogen) atoms. The molecule has 6 heteroatoms. The normalized spacial score (nSPS) is 13.1. The number of hydrogen-bond donors (Lipinski definition) is 0. The van der Waals surface area contributed by atoms with Crippen molar-refractivity contribution in [1.82, 2.24) is 0 Å². The van der Waals surface area contributed by atoms with E-state index in [1.807, 2.05) is 121 Å². The largest absolute Gasteiger partial charge is 0.460 e. The van der Waals surface area contributed by atoms with Gasteiger partial charge in [0.15, 0.2) is 0 Å². The lowest BCUT2D eigenvalue weighted by atomic mass is 10.1. The van der Waals surface area contributed by atoms with Crippen molar-refractivity contribution in [3.63, 3.8) is 0 Å². The summed E-state index contributed by atoms with van der Waals surface area (Å²) in [5.41, 5.74) is 3.72. The molecule has 0 spiro atoms. The van der Waals surface area contributed by atoms with Gasteiger partial charge in [0, 0.05) is 0 Å². The smallest absolute Gasteiger partial charge is 0.322 e. The van der Waals surface area contributed by atoms with Gasteiger partial charge in [-0.1, -0.05) is 121 Å². The molecule has 0 saturated heterocycles. The maximum atomic E-state index is 14.1. The highest BCUT2D eigenvalue weighted by Gasteiger charge is 2.36.